The van der Waals surface area contributed by atoms with Crippen molar-refractivity contribution in [2.45, 2.75) is 11.4 Å². The molecule has 4 heterocycles. The zero-order valence-corrected chi connectivity index (χ0v) is 21.6. The van der Waals surface area contributed by atoms with Gasteiger partial charge in [0.2, 0.25) is 6.41 Å². The van der Waals surface area contributed by atoms with Crippen LogP contribution in [0, 0.1) is 0 Å². The van der Waals surface area contributed by atoms with Crippen molar-refractivity contribution in [1.29, 1.82) is 0 Å². The SMILES string of the molecule is CO/N=C(\C(=O)NC1C(=O)N2C(C(=O)O)=C(CS/C=C\c3cccnc3)CS[C@H]12)c1csc(NC=O)n1. The summed E-state index contributed by atoms with van der Waals surface area (Å²) in [6, 6.07) is 2.78. The second-order valence-electron chi connectivity index (χ2n) is 7.44. The number of oxime groups is 1. The molecule has 0 radical (unpaired) electrons. The van der Waals surface area contributed by atoms with Crippen molar-refractivity contribution in [2.24, 2.45) is 5.16 Å². The topological polar surface area (TPSA) is 163 Å². The Hall–Kier alpha value is -3.69. The summed E-state index contributed by atoms with van der Waals surface area (Å²) in [7, 11) is 1.26. The molecule has 3 amide bonds. The Bertz CT molecular complexity index is 1290. The highest BCUT2D eigenvalue weighted by molar-refractivity contribution is 8.02. The number of carbonyl (C=O) groups excluding carboxylic acids is 3. The highest BCUT2D eigenvalue weighted by Crippen LogP contribution is 2.41. The van der Waals surface area contributed by atoms with Crippen molar-refractivity contribution >= 4 is 76.0 Å². The van der Waals surface area contributed by atoms with Crippen molar-refractivity contribution in [3.05, 3.63) is 57.8 Å². The lowest BCUT2D eigenvalue weighted by Gasteiger charge is -2.49. The second-order valence-corrected chi connectivity index (χ2v) is 10.3. The molecule has 0 aromatic carbocycles. The van der Waals surface area contributed by atoms with Gasteiger partial charge in [0.15, 0.2) is 10.8 Å². The predicted octanol–water partition coefficient (Wildman–Crippen LogP) is 1.60. The monoisotopic (exact) mass is 560 g/mol. The van der Waals surface area contributed by atoms with Gasteiger partial charge >= 0.3 is 5.97 Å². The lowest BCUT2D eigenvalue weighted by molar-refractivity contribution is -0.150. The van der Waals surface area contributed by atoms with E-state index in [0.29, 0.717) is 23.5 Å². The van der Waals surface area contributed by atoms with Crippen LogP contribution >= 0.6 is 34.9 Å². The summed E-state index contributed by atoms with van der Waals surface area (Å²) in [5, 5.41) is 21.6. The standard InChI is InChI=1S/C22H20N6O6S3/c1-34-27-15(14-10-37-22(25-14)24-11-29)18(30)26-16-19(31)28-17(21(32)33)13(9-36-20(16)28)8-35-6-4-12-3-2-5-23-7-12/h2-7,10-11,16,20H,8-9H2,1H3,(H,26,30)(H,32,33)(H,24,25,29)/b6-4-,27-15-/t16?,20-/m1/s1. The summed E-state index contributed by atoms with van der Waals surface area (Å²) < 4.78 is 0. The molecule has 0 bridgehead atoms. The van der Waals surface area contributed by atoms with Crippen molar-refractivity contribution in [2.75, 3.05) is 23.9 Å². The Kier molecular flexibility index (Phi) is 8.58. The van der Waals surface area contributed by atoms with Crippen LogP contribution in [0.25, 0.3) is 6.08 Å². The van der Waals surface area contributed by atoms with Gasteiger partial charge in [0.25, 0.3) is 11.8 Å². The highest BCUT2D eigenvalue weighted by Gasteiger charge is 2.54. The molecule has 1 fully saturated rings. The summed E-state index contributed by atoms with van der Waals surface area (Å²) in [6.07, 6.45) is 5.72. The zero-order chi connectivity index (χ0) is 26.4. The first-order chi connectivity index (χ1) is 17.9. The molecule has 15 heteroatoms. The van der Waals surface area contributed by atoms with Crippen molar-refractivity contribution < 1.29 is 29.1 Å². The van der Waals surface area contributed by atoms with E-state index >= 15 is 0 Å². The Morgan fingerprint density at radius 3 is 2.97 bits per heavy atom. The number of hydrogen-bond acceptors (Lipinski definition) is 11. The van der Waals surface area contributed by atoms with Gasteiger partial charge in [0.1, 0.15) is 29.9 Å². The van der Waals surface area contributed by atoms with E-state index < -0.39 is 29.2 Å². The average molecular weight is 561 g/mol. The largest absolute Gasteiger partial charge is 0.477 e. The van der Waals surface area contributed by atoms with Crippen LogP contribution in [0.4, 0.5) is 5.13 Å². The number of rotatable bonds is 11. The summed E-state index contributed by atoms with van der Waals surface area (Å²) in [5.41, 5.74) is 1.44. The lowest BCUT2D eigenvalue weighted by atomic mass is 10.0. The molecule has 0 spiro atoms. The fourth-order valence-electron chi connectivity index (χ4n) is 3.55. The Morgan fingerprint density at radius 2 is 2.27 bits per heavy atom. The molecule has 0 saturated carbocycles. The lowest BCUT2D eigenvalue weighted by Crippen LogP contribution is -2.71. The molecule has 4 rings (SSSR count). The summed E-state index contributed by atoms with van der Waals surface area (Å²) >= 11 is 3.87. The number of amides is 3. The van der Waals surface area contributed by atoms with Gasteiger partial charge in [-0.25, -0.2) is 9.78 Å². The van der Waals surface area contributed by atoms with Gasteiger partial charge in [0.05, 0.1) is 0 Å². The number of pyridine rings is 1. The molecule has 2 aliphatic heterocycles. The van der Waals surface area contributed by atoms with Crippen molar-refractivity contribution in [3.8, 4) is 0 Å². The first-order valence-corrected chi connectivity index (χ1v) is 13.6. The van der Waals surface area contributed by atoms with Gasteiger partial charge in [0, 0.05) is 29.3 Å². The van der Waals surface area contributed by atoms with Crippen LogP contribution in [0.5, 0.6) is 0 Å². The quantitative estimate of drug-likeness (QED) is 0.159. The number of nitrogens with zero attached hydrogens (tertiary/aromatic N) is 4. The Balaban J connectivity index is 1.44. The maximum Gasteiger partial charge on any atom is 0.352 e. The van der Waals surface area contributed by atoms with Gasteiger partial charge in [-0.1, -0.05) is 11.2 Å². The number of nitrogens with one attached hydrogen (secondary N) is 2. The summed E-state index contributed by atoms with van der Waals surface area (Å²) in [4.78, 5) is 62.7. The fourth-order valence-corrected chi connectivity index (χ4v) is 6.47. The normalized spacial score (nSPS) is 19.3. The van der Waals surface area contributed by atoms with E-state index in [9.17, 15) is 24.3 Å². The number of hydrogen-bond donors (Lipinski definition) is 3. The number of thioether (sulfide) groups is 2. The van der Waals surface area contributed by atoms with E-state index in [1.54, 1.807) is 12.4 Å². The number of aliphatic carboxylic acids is 1. The van der Waals surface area contributed by atoms with Crippen LogP contribution < -0.4 is 10.6 Å². The number of carboxylic acid groups (broad SMARTS) is 1. The van der Waals surface area contributed by atoms with E-state index in [0.717, 1.165) is 16.9 Å². The van der Waals surface area contributed by atoms with Crippen molar-refractivity contribution in [1.82, 2.24) is 20.2 Å². The number of carboxylic acids is 1. The molecule has 2 atom stereocenters. The second kappa shape index (κ2) is 12.0. The molecule has 1 unspecified atom stereocenters. The molecule has 192 valence electrons. The van der Waals surface area contributed by atoms with E-state index in [2.05, 4.69) is 25.8 Å². The molecule has 37 heavy (non-hydrogen) atoms. The Labute approximate surface area is 223 Å². The van der Waals surface area contributed by atoms with Gasteiger partial charge in [-0.05, 0) is 28.7 Å². The summed E-state index contributed by atoms with van der Waals surface area (Å²) in [6.45, 7) is 0. The van der Waals surface area contributed by atoms with Gasteiger partial charge < -0.3 is 20.6 Å². The number of anilines is 1. The van der Waals surface area contributed by atoms with Gasteiger partial charge in [-0.15, -0.1) is 34.9 Å². The molecule has 12 nitrogen and oxygen atoms in total. The minimum atomic E-state index is -1.20. The van der Waals surface area contributed by atoms with E-state index in [1.807, 2.05) is 23.6 Å². The third kappa shape index (κ3) is 5.84. The highest BCUT2D eigenvalue weighted by atomic mass is 32.2. The smallest absolute Gasteiger partial charge is 0.352 e. The third-order valence-corrected chi connectivity index (χ3v) is 8.12. The minimum Gasteiger partial charge on any atom is -0.477 e. The maximum absolute atomic E-state index is 13.0. The van der Waals surface area contributed by atoms with Gasteiger partial charge in [-0.3, -0.25) is 24.3 Å². The third-order valence-electron chi connectivity index (χ3n) is 5.16. The molecule has 2 aliphatic rings. The summed E-state index contributed by atoms with van der Waals surface area (Å²) in [5.74, 6) is -1.66. The van der Waals surface area contributed by atoms with Gasteiger partial charge in [-0.2, -0.15) is 0 Å². The van der Waals surface area contributed by atoms with Crippen LogP contribution in [-0.4, -0.2) is 79.9 Å². The number of fused-ring (bicyclic) bond motifs is 1. The number of carbonyl (C=O) groups is 4. The van der Waals surface area contributed by atoms with Crippen LogP contribution in [0.3, 0.4) is 0 Å². The number of aromatic nitrogens is 2. The van der Waals surface area contributed by atoms with Crippen LogP contribution in [0.15, 0.2) is 51.7 Å². The molecule has 2 aromatic heterocycles. The molecule has 2 aromatic rings. The van der Waals surface area contributed by atoms with E-state index in [4.69, 9.17) is 4.84 Å². The minimum absolute atomic E-state index is 0.0589. The van der Waals surface area contributed by atoms with Crippen molar-refractivity contribution in [3.63, 3.8) is 0 Å². The molecule has 3 N–H and O–H groups in total. The number of thiazole rings is 1. The molecule has 0 aliphatic carbocycles. The zero-order valence-electron chi connectivity index (χ0n) is 19.2. The number of β-lactam (4-membered cyclic amide) rings is 1. The molecule has 1 saturated heterocycles. The van der Waals surface area contributed by atoms with Crippen LogP contribution in [-0.2, 0) is 24.0 Å². The first-order valence-electron chi connectivity index (χ1n) is 10.6. The first kappa shape index (κ1) is 26.4. The van der Waals surface area contributed by atoms with Crippen LogP contribution in [0.1, 0.15) is 11.3 Å². The average Bonchev–Trinajstić information content (AvgIpc) is 3.36. The fraction of sp³-hybridized carbons (Fsp3) is 0.227. The molecular formula is C22H20N6O6S3. The molecular weight excluding hydrogens is 540 g/mol. The maximum atomic E-state index is 13.0. The van der Waals surface area contributed by atoms with E-state index in [1.165, 1.54) is 40.9 Å². The van der Waals surface area contributed by atoms with E-state index in [-0.39, 0.29) is 22.2 Å². The Morgan fingerprint density at radius 1 is 1.43 bits per heavy atom. The predicted molar refractivity (Wildman–Crippen MR) is 141 cm³/mol. The van der Waals surface area contributed by atoms with Crippen LogP contribution in [0.2, 0.25) is 0 Å².